The molecule has 1 atom stereocenters. The summed E-state index contributed by atoms with van der Waals surface area (Å²) < 4.78 is 29.3. The van der Waals surface area contributed by atoms with Crippen LogP contribution in [0.3, 0.4) is 0 Å². The number of nitrogens with two attached hydrogens (primary N) is 1. The van der Waals surface area contributed by atoms with Crippen molar-refractivity contribution in [1.82, 2.24) is 9.88 Å². The maximum Gasteiger partial charge on any atom is 0.419 e. The maximum absolute atomic E-state index is 12.2. The van der Waals surface area contributed by atoms with Gasteiger partial charge in [0.1, 0.15) is 0 Å². The molecule has 0 aliphatic heterocycles. The highest BCUT2D eigenvalue weighted by atomic mass is 32.2. The molecule has 0 bridgehead atoms. The smallest absolute Gasteiger partial charge is 0.408 e. The van der Waals surface area contributed by atoms with Crippen molar-refractivity contribution in [3.05, 3.63) is 64.6 Å². The van der Waals surface area contributed by atoms with Crippen LogP contribution < -0.4 is 16.2 Å². The van der Waals surface area contributed by atoms with Crippen molar-refractivity contribution in [3.63, 3.8) is 0 Å². The Balaban J connectivity index is 1.55. The summed E-state index contributed by atoms with van der Waals surface area (Å²) in [5.74, 6) is -0.603. The van der Waals surface area contributed by atoms with E-state index in [4.69, 9.17) is 9.56 Å². The number of primary sulfonamides is 1. The van der Waals surface area contributed by atoms with Crippen molar-refractivity contribution in [2.75, 3.05) is 0 Å². The second-order valence-electron chi connectivity index (χ2n) is 6.49. The fraction of sp³-hybridized carbons (Fsp3) is 0.263. The number of aromatic nitrogens is 1. The molecule has 9 heteroatoms. The standard InChI is InChI=1S/C19H21N3O5S/c1-13(14-8-10-15(11-9-14)28(20,25)26)21-18(23)7-4-12-22-16-5-2-3-6-17(16)27-19(22)24/h2-3,5-6,8-11,13H,4,7,12H2,1H3,(H,21,23)(H2,20,25,26). The molecule has 3 rings (SSSR count). The van der Waals surface area contributed by atoms with E-state index >= 15 is 0 Å². The van der Waals surface area contributed by atoms with E-state index in [1.54, 1.807) is 37.3 Å². The molecule has 0 aliphatic rings. The molecule has 1 heterocycles. The van der Waals surface area contributed by atoms with E-state index in [-0.39, 0.29) is 23.3 Å². The lowest BCUT2D eigenvalue weighted by atomic mass is 10.1. The zero-order valence-corrected chi connectivity index (χ0v) is 16.1. The average molecular weight is 403 g/mol. The summed E-state index contributed by atoms with van der Waals surface area (Å²) in [5, 5.41) is 7.93. The van der Waals surface area contributed by atoms with Gasteiger partial charge in [0, 0.05) is 13.0 Å². The van der Waals surface area contributed by atoms with Gasteiger partial charge in [-0.15, -0.1) is 0 Å². The van der Waals surface area contributed by atoms with Gasteiger partial charge in [-0.1, -0.05) is 24.3 Å². The highest BCUT2D eigenvalue weighted by Crippen LogP contribution is 2.16. The highest BCUT2D eigenvalue weighted by molar-refractivity contribution is 7.89. The highest BCUT2D eigenvalue weighted by Gasteiger charge is 2.13. The number of fused-ring (bicyclic) bond motifs is 1. The van der Waals surface area contributed by atoms with Crippen molar-refractivity contribution >= 4 is 27.0 Å². The van der Waals surface area contributed by atoms with Gasteiger partial charge in [-0.2, -0.15) is 0 Å². The van der Waals surface area contributed by atoms with Gasteiger partial charge >= 0.3 is 5.76 Å². The fourth-order valence-electron chi connectivity index (χ4n) is 2.97. The Labute approximate surface area is 162 Å². The molecule has 0 saturated carbocycles. The third-order valence-electron chi connectivity index (χ3n) is 4.45. The van der Waals surface area contributed by atoms with Crippen LogP contribution in [0.5, 0.6) is 0 Å². The number of hydrogen-bond acceptors (Lipinski definition) is 5. The molecule has 0 spiro atoms. The molecule has 3 N–H and O–H groups in total. The van der Waals surface area contributed by atoms with Gasteiger partial charge in [0.05, 0.1) is 16.5 Å². The molecule has 28 heavy (non-hydrogen) atoms. The van der Waals surface area contributed by atoms with Crippen LogP contribution >= 0.6 is 0 Å². The second-order valence-corrected chi connectivity index (χ2v) is 8.06. The number of sulfonamides is 1. The van der Waals surface area contributed by atoms with Gasteiger partial charge in [0.2, 0.25) is 15.9 Å². The number of carbonyl (C=O) groups excluding carboxylic acids is 1. The molecule has 2 aromatic carbocycles. The van der Waals surface area contributed by atoms with E-state index in [1.807, 2.05) is 6.07 Å². The number of amides is 1. The van der Waals surface area contributed by atoms with Crippen LogP contribution in [-0.2, 0) is 21.4 Å². The predicted octanol–water partition coefficient (Wildman–Crippen LogP) is 1.90. The zero-order valence-electron chi connectivity index (χ0n) is 15.3. The van der Waals surface area contributed by atoms with Crippen molar-refractivity contribution in [1.29, 1.82) is 0 Å². The lowest BCUT2D eigenvalue weighted by Gasteiger charge is -2.14. The summed E-state index contributed by atoms with van der Waals surface area (Å²) in [5.41, 5.74) is 1.99. The molecule has 1 amide bonds. The Morgan fingerprint density at radius 1 is 1.18 bits per heavy atom. The molecule has 8 nitrogen and oxygen atoms in total. The summed E-state index contributed by atoms with van der Waals surface area (Å²) in [6, 6.07) is 12.9. The minimum Gasteiger partial charge on any atom is -0.408 e. The fourth-order valence-corrected chi connectivity index (χ4v) is 3.48. The lowest BCUT2D eigenvalue weighted by Crippen LogP contribution is -2.27. The van der Waals surface area contributed by atoms with Crippen molar-refractivity contribution in [2.45, 2.75) is 37.2 Å². The van der Waals surface area contributed by atoms with Gasteiger partial charge in [0.25, 0.3) is 0 Å². The van der Waals surface area contributed by atoms with Crippen LogP contribution in [0.4, 0.5) is 0 Å². The zero-order chi connectivity index (χ0) is 20.3. The first-order valence-electron chi connectivity index (χ1n) is 8.76. The third kappa shape index (κ3) is 4.49. The van der Waals surface area contributed by atoms with E-state index in [0.29, 0.717) is 24.1 Å². The molecule has 1 unspecified atom stereocenters. The number of para-hydroxylation sites is 2. The van der Waals surface area contributed by atoms with Crippen LogP contribution in [-0.4, -0.2) is 18.9 Å². The van der Waals surface area contributed by atoms with Crippen molar-refractivity contribution in [3.8, 4) is 0 Å². The van der Waals surface area contributed by atoms with Gasteiger partial charge < -0.3 is 9.73 Å². The molecule has 0 saturated heterocycles. The molecule has 0 fully saturated rings. The molecule has 1 aromatic heterocycles. The Kier molecular flexibility index (Phi) is 5.66. The third-order valence-corrected chi connectivity index (χ3v) is 5.37. The number of oxazole rings is 1. The van der Waals surface area contributed by atoms with Gasteiger partial charge in [-0.05, 0) is 43.2 Å². The summed E-state index contributed by atoms with van der Waals surface area (Å²) in [4.78, 5) is 24.1. The Morgan fingerprint density at radius 2 is 1.86 bits per heavy atom. The molecule has 0 aliphatic carbocycles. The summed E-state index contributed by atoms with van der Waals surface area (Å²) in [6.45, 7) is 2.18. The van der Waals surface area contributed by atoms with Gasteiger partial charge in [-0.25, -0.2) is 18.4 Å². The number of carbonyl (C=O) groups is 1. The first-order valence-corrected chi connectivity index (χ1v) is 10.3. The van der Waals surface area contributed by atoms with E-state index < -0.39 is 15.8 Å². The molecular weight excluding hydrogens is 382 g/mol. The molecule has 148 valence electrons. The molecular formula is C19H21N3O5S. The number of rotatable bonds is 7. The average Bonchev–Trinajstić information content (AvgIpc) is 2.96. The number of aryl methyl sites for hydroxylation is 1. The number of nitrogens with zero attached hydrogens (tertiary/aromatic N) is 1. The number of nitrogens with one attached hydrogen (secondary N) is 1. The SMILES string of the molecule is CC(NC(=O)CCCn1c(=O)oc2ccccc21)c1ccc(S(N)(=O)=O)cc1. The first-order chi connectivity index (χ1) is 13.3. The monoisotopic (exact) mass is 403 g/mol. The Hall–Kier alpha value is -2.91. The predicted molar refractivity (Wildman–Crippen MR) is 104 cm³/mol. The van der Waals surface area contributed by atoms with Crippen LogP contribution in [0.1, 0.15) is 31.4 Å². The quantitative estimate of drug-likeness (QED) is 0.623. The second kappa shape index (κ2) is 7.99. The summed E-state index contributed by atoms with van der Waals surface area (Å²) >= 11 is 0. The first kappa shape index (κ1) is 19.8. The Bertz CT molecular complexity index is 1150. The lowest BCUT2D eigenvalue weighted by molar-refractivity contribution is -0.121. The van der Waals surface area contributed by atoms with E-state index in [2.05, 4.69) is 5.32 Å². The summed E-state index contributed by atoms with van der Waals surface area (Å²) in [7, 11) is -3.74. The van der Waals surface area contributed by atoms with Crippen molar-refractivity contribution in [2.24, 2.45) is 5.14 Å². The van der Waals surface area contributed by atoms with Crippen LogP contribution in [0.2, 0.25) is 0 Å². The summed E-state index contributed by atoms with van der Waals surface area (Å²) in [6.07, 6.45) is 0.720. The Morgan fingerprint density at radius 3 is 2.54 bits per heavy atom. The van der Waals surface area contributed by atoms with Gasteiger partial charge in [-0.3, -0.25) is 9.36 Å². The molecule has 3 aromatic rings. The van der Waals surface area contributed by atoms with E-state index in [0.717, 1.165) is 5.56 Å². The molecule has 0 radical (unpaired) electrons. The van der Waals surface area contributed by atoms with Crippen LogP contribution in [0.25, 0.3) is 11.1 Å². The van der Waals surface area contributed by atoms with E-state index in [1.165, 1.54) is 16.7 Å². The van der Waals surface area contributed by atoms with E-state index in [9.17, 15) is 18.0 Å². The minimum atomic E-state index is -3.74. The maximum atomic E-state index is 12.2. The number of hydrogen-bond donors (Lipinski definition) is 2. The van der Waals surface area contributed by atoms with Gasteiger partial charge in [0.15, 0.2) is 5.58 Å². The van der Waals surface area contributed by atoms with Crippen molar-refractivity contribution < 1.29 is 17.6 Å². The van der Waals surface area contributed by atoms with Crippen LogP contribution in [0, 0.1) is 0 Å². The van der Waals surface area contributed by atoms with Crippen LogP contribution in [0.15, 0.2) is 62.6 Å². The number of benzene rings is 2. The minimum absolute atomic E-state index is 0.0209. The largest absolute Gasteiger partial charge is 0.419 e. The topological polar surface area (TPSA) is 124 Å². The normalized spacial score (nSPS) is 12.8.